The Morgan fingerprint density at radius 1 is 1.14 bits per heavy atom. The van der Waals surface area contributed by atoms with Gasteiger partial charge in [-0.05, 0) is 31.9 Å². The quantitative estimate of drug-likeness (QED) is 0.934. The van der Waals surface area contributed by atoms with Crippen molar-refractivity contribution >= 4 is 17.3 Å². The maximum Gasteiger partial charge on any atom is 0.136 e. The molecule has 1 fully saturated rings. The number of nitrogens with zero attached hydrogens (tertiary/aromatic N) is 3. The van der Waals surface area contributed by atoms with E-state index in [0.717, 1.165) is 42.0 Å². The smallest absolute Gasteiger partial charge is 0.136 e. The van der Waals surface area contributed by atoms with Crippen molar-refractivity contribution in [2.45, 2.75) is 19.8 Å². The van der Waals surface area contributed by atoms with Gasteiger partial charge in [0.1, 0.15) is 23.2 Å². The number of nitrogens with one attached hydrogen (secondary N) is 1. The molecule has 110 valence electrons. The molecular weight excluding hydrogens is 264 g/mol. The molecule has 1 saturated heterocycles. The third-order valence-corrected chi connectivity index (χ3v) is 3.60. The Labute approximate surface area is 125 Å². The lowest BCUT2D eigenvalue weighted by molar-refractivity contribution is 0.415. The van der Waals surface area contributed by atoms with Gasteiger partial charge < -0.3 is 15.0 Å². The maximum atomic E-state index is 5.24. The highest BCUT2D eigenvalue weighted by Crippen LogP contribution is 2.24. The van der Waals surface area contributed by atoms with Gasteiger partial charge in [-0.3, -0.25) is 0 Å². The number of methoxy groups -OCH3 is 1. The number of hydrogen-bond donors (Lipinski definition) is 1. The second kappa shape index (κ2) is 5.99. The van der Waals surface area contributed by atoms with Crippen molar-refractivity contribution in [2.24, 2.45) is 0 Å². The normalized spacial score (nSPS) is 14.3. The Hall–Kier alpha value is -2.30. The van der Waals surface area contributed by atoms with Gasteiger partial charge in [0.15, 0.2) is 0 Å². The molecule has 0 radical (unpaired) electrons. The van der Waals surface area contributed by atoms with E-state index in [1.807, 2.05) is 37.3 Å². The molecule has 3 rings (SSSR count). The van der Waals surface area contributed by atoms with Gasteiger partial charge in [-0.25, -0.2) is 9.97 Å². The summed E-state index contributed by atoms with van der Waals surface area (Å²) >= 11 is 0. The van der Waals surface area contributed by atoms with Crippen LogP contribution < -0.4 is 15.0 Å². The van der Waals surface area contributed by atoms with Crippen LogP contribution in [0.4, 0.5) is 17.3 Å². The summed E-state index contributed by atoms with van der Waals surface area (Å²) in [6.45, 7) is 4.08. The molecule has 0 saturated carbocycles. The molecule has 21 heavy (non-hydrogen) atoms. The Bertz CT molecular complexity index is 623. The van der Waals surface area contributed by atoms with Crippen LogP contribution in [0.2, 0.25) is 0 Å². The fraction of sp³-hybridized carbons (Fsp3) is 0.375. The Balaban J connectivity index is 1.84. The minimum atomic E-state index is 0.782. The van der Waals surface area contributed by atoms with Crippen molar-refractivity contribution in [2.75, 3.05) is 30.4 Å². The molecule has 0 aliphatic carbocycles. The van der Waals surface area contributed by atoms with Crippen LogP contribution in [0.15, 0.2) is 30.3 Å². The van der Waals surface area contributed by atoms with E-state index in [1.54, 1.807) is 7.11 Å². The molecular formula is C16H20N4O. The van der Waals surface area contributed by atoms with Gasteiger partial charge in [0.05, 0.1) is 7.11 Å². The minimum Gasteiger partial charge on any atom is -0.497 e. The number of rotatable bonds is 4. The van der Waals surface area contributed by atoms with Crippen LogP contribution in [0.25, 0.3) is 0 Å². The fourth-order valence-electron chi connectivity index (χ4n) is 2.57. The summed E-state index contributed by atoms with van der Waals surface area (Å²) in [5, 5.41) is 3.33. The van der Waals surface area contributed by atoms with Gasteiger partial charge in [0.25, 0.3) is 0 Å². The third kappa shape index (κ3) is 3.24. The van der Waals surface area contributed by atoms with Crippen molar-refractivity contribution in [3.63, 3.8) is 0 Å². The molecule has 0 amide bonds. The van der Waals surface area contributed by atoms with Gasteiger partial charge in [0, 0.05) is 30.9 Å². The predicted octanol–water partition coefficient (Wildman–Crippen LogP) is 3.14. The molecule has 0 spiro atoms. The molecule has 0 unspecified atom stereocenters. The summed E-state index contributed by atoms with van der Waals surface area (Å²) in [6.07, 6.45) is 2.48. The molecule has 2 aromatic rings. The van der Waals surface area contributed by atoms with Crippen molar-refractivity contribution in [1.29, 1.82) is 0 Å². The predicted molar refractivity (Wildman–Crippen MR) is 84.5 cm³/mol. The van der Waals surface area contributed by atoms with Gasteiger partial charge >= 0.3 is 0 Å². The molecule has 1 aliphatic rings. The molecule has 5 heteroatoms. The SMILES string of the molecule is COc1cccc(Nc2cc(N3CCCC3)nc(C)n2)c1. The zero-order chi connectivity index (χ0) is 14.7. The number of aryl methyl sites for hydroxylation is 1. The van der Waals surface area contributed by atoms with E-state index in [1.165, 1.54) is 12.8 Å². The lowest BCUT2D eigenvalue weighted by atomic mass is 10.3. The first-order valence-electron chi connectivity index (χ1n) is 7.26. The highest BCUT2D eigenvalue weighted by atomic mass is 16.5. The largest absolute Gasteiger partial charge is 0.497 e. The minimum absolute atomic E-state index is 0.782. The molecule has 2 heterocycles. The van der Waals surface area contributed by atoms with E-state index < -0.39 is 0 Å². The summed E-state index contributed by atoms with van der Waals surface area (Å²) in [6, 6.07) is 9.84. The lowest BCUT2D eigenvalue weighted by Crippen LogP contribution is -2.19. The third-order valence-electron chi connectivity index (χ3n) is 3.60. The molecule has 1 N–H and O–H groups in total. The van der Waals surface area contributed by atoms with Crippen molar-refractivity contribution in [1.82, 2.24) is 9.97 Å². The highest BCUT2D eigenvalue weighted by Gasteiger charge is 2.15. The topological polar surface area (TPSA) is 50.3 Å². The first kappa shape index (κ1) is 13.7. The average molecular weight is 284 g/mol. The van der Waals surface area contributed by atoms with E-state index >= 15 is 0 Å². The van der Waals surface area contributed by atoms with Crippen molar-refractivity contribution in [3.05, 3.63) is 36.2 Å². The molecule has 1 aliphatic heterocycles. The van der Waals surface area contributed by atoms with Crippen LogP contribution in [-0.4, -0.2) is 30.2 Å². The Morgan fingerprint density at radius 3 is 2.71 bits per heavy atom. The average Bonchev–Trinajstić information content (AvgIpc) is 3.01. The van der Waals surface area contributed by atoms with Gasteiger partial charge in [-0.1, -0.05) is 6.07 Å². The van der Waals surface area contributed by atoms with Gasteiger partial charge in [-0.15, -0.1) is 0 Å². The monoisotopic (exact) mass is 284 g/mol. The van der Waals surface area contributed by atoms with Crippen molar-refractivity contribution < 1.29 is 4.74 Å². The van der Waals surface area contributed by atoms with E-state index in [2.05, 4.69) is 20.2 Å². The number of aromatic nitrogens is 2. The molecule has 5 nitrogen and oxygen atoms in total. The lowest BCUT2D eigenvalue weighted by Gasteiger charge is -2.18. The highest BCUT2D eigenvalue weighted by molar-refractivity contribution is 5.61. The van der Waals surface area contributed by atoms with E-state index in [4.69, 9.17) is 4.74 Å². The first-order chi connectivity index (χ1) is 10.2. The maximum absolute atomic E-state index is 5.24. The summed E-state index contributed by atoms with van der Waals surface area (Å²) in [4.78, 5) is 11.3. The van der Waals surface area contributed by atoms with Gasteiger partial charge in [0.2, 0.25) is 0 Å². The van der Waals surface area contributed by atoms with Crippen LogP contribution in [0, 0.1) is 6.92 Å². The van der Waals surface area contributed by atoms with Crippen LogP contribution in [0.1, 0.15) is 18.7 Å². The number of ether oxygens (including phenoxy) is 1. The Kier molecular flexibility index (Phi) is 3.90. The standard InChI is InChI=1S/C16H20N4O/c1-12-17-15(11-16(18-12)20-8-3-4-9-20)19-13-6-5-7-14(10-13)21-2/h5-7,10-11H,3-4,8-9H2,1-2H3,(H,17,18,19). The fourth-order valence-corrected chi connectivity index (χ4v) is 2.57. The number of hydrogen-bond acceptors (Lipinski definition) is 5. The molecule has 1 aromatic carbocycles. The summed E-state index contributed by atoms with van der Waals surface area (Å²) in [5.41, 5.74) is 0.958. The van der Waals surface area contributed by atoms with E-state index in [0.29, 0.717) is 0 Å². The molecule has 0 bridgehead atoms. The van der Waals surface area contributed by atoms with Gasteiger partial charge in [-0.2, -0.15) is 0 Å². The second-order valence-corrected chi connectivity index (χ2v) is 5.21. The molecule has 0 atom stereocenters. The zero-order valence-corrected chi connectivity index (χ0v) is 12.5. The Morgan fingerprint density at radius 2 is 1.95 bits per heavy atom. The van der Waals surface area contributed by atoms with Crippen LogP contribution in [-0.2, 0) is 0 Å². The molecule has 1 aromatic heterocycles. The summed E-state index contributed by atoms with van der Waals surface area (Å²) < 4.78 is 5.24. The first-order valence-corrected chi connectivity index (χ1v) is 7.26. The number of benzene rings is 1. The van der Waals surface area contributed by atoms with E-state index in [9.17, 15) is 0 Å². The van der Waals surface area contributed by atoms with Crippen LogP contribution in [0.3, 0.4) is 0 Å². The summed E-state index contributed by atoms with van der Waals surface area (Å²) in [7, 11) is 1.67. The second-order valence-electron chi connectivity index (χ2n) is 5.21. The van der Waals surface area contributed by atoms with Crippen molar-refractivity contribution in [3.8, 4) is 5.75 Å². The zero-order valence-electron chi connectivity index (χ0n) is 12.5. The van der Waals surface area contributed by atoms with E-state index in [-0.39, 0.29) is 0 Å². The summed E-state index contributed by atoms with van der Waals surface area (Å²) in [5.74, 6) is 3.43. The van der Waals surface area contributed by atoms with Crippen LogP contribution >= 0.6 is 0 Å². The van der Waals surface area contributed by atoms with Crippen LogP contribution in [0.5, 0.6) is 5.75 Å². The number of anilines is 3.